The Balaban J connectivity index is 4.22. The zero-order valence-corrected chi connectivity index (χ0v) is 9.06. The molecule has 0 saturated carbocycles. The first-order valence-corrected chi connectivity index (χ1v) is 4.74. The van der Waals surface area contributed by atoms with Crippen LogP contribution in [0, 0.1) is 11.8 Å². The number of aldehydes is 1. The fourth-order valence-electron chi connectivity index (χ4n) is 0.797. The molecule has 0 aromatic heterocycles. The van der Waals surface area contributed by atoms with Crippen molar-refractivity contribution in [1.29, 1.82) is 0 Å². The lowest BCUT2D eigenvalue weighted by atomic mass is 10.1. The average Bonchev–Trinajstić information content (AvgIpc) is 2.11. The van der Waals surface area contributed by atoms with E-state index in [1.807, 2.05) is 0 Å². The van der Waals surface area contributed by atoms with Crippen molar-refractivity contribution < 1.29 is 19.4 Å². The van der Waals surface area contributed by atoms with Crippen LogP contribution in [-0.4, -0.2) is 29.6 Å². The minimum atomic E-state index is -1.16. The standard InChI is InChI=1S/C10H18O4/c1-6(2)8(5-11)14-10(13)9(12)7(3)4/h5-9,12H,1-4H3. The van der Waals surface area contributed by atoms with Crippen molar-refractivity contribution in [3.63, 3.8) is 0 Å². The number of rotatable bonds is 5. The minimum Gasteiger partial charge on any atom is -0.452 e. The summed E-state index contributed by atoms with van der Waals surface area (Å²) in [4.78, 5) is 21.7. The van der Waals surface area contributed by atoms with Gasteiger partial charge < -0.3 is 9.84 Å². The van der Waals surface area contributed by atoms with E-state index in [0.29, 0.717) is 6.29 Å². The van der Waals surface area contributed by atoms with Gasteiger partial charge in [-0.2, -0.15) is 0 Å². The van der Waals surface area contributed by atoms with Gasteiger partial charge in [0.25, 0.3) is 0 Å². The fourth-order valence-corrected chi connectivity index (χ4v) is 0.797. The molecule has 0 fully saturated rings. The lowest BCUT2D eigenvalue weighted by molar-refractivity contribution is -0.165. The first kappa shape index (κ1) is 13.1. The second-order valence-electron chi connectivity index (χ2n) is 3.97. The van der Waals surface area contributed by atoms with Crippen molar-refractivity contribution in [3.05, 3.63) is 0 Å². The Morgan fingerprint density at radius 2 is 1.71 bits per heavy atom. The van der Waals surface area contributed by atoms with E-state index < -0.39 is 18.2 Å². The molecule has 0 bridgehead atoms. The number of carbonyl (C=O) groups excluding carboxylic acids is 2. The highest BCUT2D eigenvalue weighted by molar-refractivity contribution is 5.77. The molecule has 4 nitrogen and oxygen atoms in total. The number of ether oxygens (including phenoxy) is 1. The van der Waals surface area contributed by atoms with Crippen LogP contribution in [0.4, 0.5) is 0 Å². The van der Waals surface area contributed by atoms with Crippen molar-refractivity contribution in [3.8, 4) is 0 Å². The topological polar surface area (TPSA) is 63.6 Å². The lowest BCUT2D eigenvalue weighted by Crippen LogP contribution is -2.34. The van der Waals surface area contributed by atoms with Crippen LogP contribution in [-0.2, 0) is 14.3 Å². The molecule has 0 aliphatic rings. The predicted molar refractivity (Wildman–Crippen MR) is 51.6 cm³/mol. The number of hydrogen-bond acceptors (Lipinski definition) is 4. The van der Waals surface area contributed by atoms with Gasteiger partial charge in [0.1, 0.15) is 0 Å². The Labute approximate surface area is 84.3 Å². The zero-order chi connectivity index (χ0) is 11.3. The first-order valence-electron chi connectivity index (χ1n) is 4.74. The van der Waals surface area contributed by atoms with Crippen LogP contribution < -0.4 is 0 Å². The molecule has 0 saturated heterocycles. The van der Waals surface area contributed by atoms with E-state index in [1.165, 1.54) is 0 Å². The zero-order valence-electron chi connectivity index (χ0n) is 9.06. The predicted octanol–water partition coefficient (Wildman–Crippen LogP) is 0.770. The summed E-state index contributed by atoms with van der Waals surface area (Å²) in [6.07, 6.45) is -1.34. The van der Waals surface area contributed by atoms with Gasteiger partial charge in [-0.05, 0) is 11.8 Å². The van der Waals surface area contributed by atoms with Gasteiger partial charge in [-0.3, -0.25) is 4.79 Å². The van der Waals surface area contributed by atoms with Gasteiger partial charge in [-0.25, -0.2) is 4.79 Å². The summed E-state index contributed by atoms with van der Waals surface area (Å²) in [6, 6.07) is 0. The largest absolute Gasteiger partial charge is 0.452 e. The third-order valence-corrected chi connectivity index (χ3v) is 1.92. The maximum absolute atomic E-state index is 11.2. The quantitative estimate of drug-likeness (QED) is 0.528. The fraction of sp³-hybridized carbons (Fsp3) is 0.800. The van der Waals surface area contributed by atoms with E-state index in [1.54, 1.807) is 27.7 Å². The third kappa shape index (κ3) is 3.87. The van der Waals surface area contributed by atoms with Crippen molar-refractivity contribution >= 4 is 12.3 Å². The first-order chi connectivity index (χ1) is 6.40. The van der Waals surface area contributed by atoms with E-state index in [2.05, 4.69) is 0 Å². The molecule has 0 aliphatic carbocycles. The summed E-state index contributed by atoms with van der Waals surface area (Å²) in [6.45, 7) is 6.95. The summed E-state index contributed by atoms with van der Waals surface area (Å²) < 4.78 is 4.83. The maximum atomic E-state index is 11.2. The molecule has 0 rings (SSSR count). The highest BCUT2D eigenvalue weighted by Crippen LogP contribution is 2.09. The molecule has 2 atom stereocenters. The van der Waals surface area contributed by atoms with E-state index in [4.69, 9.17) is 4.74 Å². The van der Waals surface area contributed by atoms with Gasteiger partial charge in [-0.1, -0.05) is 27.7 Å². The summed E-state index contributed by atoms with van der Waals surface area (Å²) in [5, 5.41) is 9.33. The Morgan fingerprint density at radius 1 is 1.21 bits per heavy atom. The third-order valence-electron chi connectivity index (χ3n) is 1.92. The van der Waals surface area contributed by atoms with E-state index in [9.17, 15) is 14.7 Å². The Hall–Kier alpha value is -0.900. The summed E-state index contributed by atoms with van der Waals surface area (Å²) in [5.41, 5.74) is 0. The van der Waals surface area contributed by atoms with Crippen LogP contribution in [0.15, 0.2) is 0 Å². The van der Waals surface area contributed by atoms with Crippen LogP contribution in [0.5, 0.6) is 0 Å². The van der Waals surface area contributed by atoms with E-state index in [-0.39, 0.29) is 11.8 Å². The lowest BCUT2D eigenvalue weighted by Gasteiger charge is -2.19. The minimum absolute atomic E-state index is 0.0733. The van der Waals surface area contributed by atoms with E-state index in [0.717, 1.165) is 0 Å². The van der Waals surface area contributed by atoms with E-state index >= 15 is 0 Å². The Kier molecular flexibility index (Phi) is 5.38. The van der Waals surface area contributed by atoms with Gasteiger partial charge in [0.2, 0.25) is 0 Å². The van der Waals surface area contributed by atoms with Gasteiger partial charge in [0, 0.05) is 0 Å². The molecule has 1 N–H and O–H groups in total. The molecule has 14 heavy (non-hydrogen) atoms. The molecule has 0 aromatic carbocycles. The number of esters is 1. The molecule has 82 valence electrons. The smallest absolute Gasteiger partial charge is 0.335 e. The monoisotopic (exact) mass is 202 g/mol. The molecule has 0 amide bonds. The number of aliphatic hydroxyl groups is 1. The second kappa shape index (κ2) is 5.75. The molecule has 0 spiro atoms. The molecule has 2 unspecified atom stereocenters. The number of hydrogen-bond donors (Lipinski definition) is 1. The Bertz CT molecular complexity index is 198. The van der Waals surface area contributed by atoms with Gasteiger partial charge in [0.05, 0.1) is 0 Å². The number of aliphatic hydroxyl groups excluding tert-OH is 1. The molecule has 4 heteroatoms. The SMILES string of the molecule is CC(C)C(C=O)OC(=O)C(O)C(C)C. The van der Waals surface area contributed by atoms with Crippen LogP contribution in [0.1, 0.15) is 27.7 Å². The second-order valence-corrected chi connectivity index (χ2v) is 3.97. The molecule has 0 aromatic rings. The molecule has 0 aliphatic heterocycles. The molecular formula is C10H18O4. The van der Waals surface area contributed by atoms with Crippen LogP contribution in [0.25, 0.3) is 0 Å². The van der Waals surface area contributed by atoms with Gasteiger partial charge in [-0.15, -0.1) is 0 Å². The molecule has 0 radical (unpaired) electrons. The van der Waals surface area contributed by atoms with Crippen molar-refractivity contribution in [2.45, 2.75) is 39.9 Å². The van der Waals surface area contributed by atoms with Crippen LogP contribution in [0.2, 0.25) is 0 Å². The number of carbonyl (C=O) groups is 2. The van der Waals surface area contributed by atoms with Crippen molar-refractivity contribution in [2.24, 2.45) is 11.8 Å². The molecular weight excluding hydrogens is 184 g/mol. The Morgan fingerprint density at radius 3 is 2.00 bits per heavy atom. The molecule has 0 heterocycles. The summed E-state index contributed by atoms with van der Waals surface area (Å²) in [5.74, 6) is -1.01. The highest BCUT2D eigenvalue weighted by atomic mass is 16.6. The highest BCUT2D eigenvalue weighted by Gasteiger charge is 2.25. The van der Waals surface area contributed by atoms with Gasteiger partial charge >= 0.3 is 5.97 Å². The maximum Gasteiger partial charge on any atom is 0.335 e. The van der Waals surface area contributed by atoms with Crippen molar-refractivity contribution in [1.82, 2.24) is 0 Å². The average molecular weight is 202 g/mol. The van der Waals surface area contributed by atoms with Crippen molar-refractivity contribution in [2.75, 3.05) is 0 Å². The van der Waals surface area contributed by atoms with Crippen LogP contribution >= 0.6 is 0 Å². The normalized spacial score (nSPS) is 15.4. The van der Waals surface area contributed by atoms with Gasteiger partial charge in [0.15, 0.2) is 18.5 Å². The van der Waals surface area contributed by atoms with Crippen LogP contribution in [0.3, 0.4) is 0 Å². The summed E-state index contributed by atoms with van der Waals surface area (Å²) in [7, 11) is 0. The summed E-state index contributed by atoms with van der Waals surface area (Å²) >= 11 is 0.